The van der Waals surface area contributed by atoms with E-state index in [9.17, 15) is 14.4 Å². The van der Waals surface area contributed by atoms with Crippen molar-refractivity contribution in [2.24, 2.45) is 11.8 Å². The third kappa shape index (κ3) is 4.66. The number of hydrogen-bond donors (Lipinski definition) is 1. The van der Waals surface area contributed by atoms with Crippen LogP contribution in [0.2, 0.25) is 0 Å². The lowest BCUT2D eigenvalue weighted by Gasteiger charge is -2.43. The number of nitrogens with one attached hydrogen (secondary N) is 1. The number of methoxy groups -OCH3 is 2. The third-order valence-corrected chi connectivity index (χ3v) is 7.72. The van der Waals surface area contributed by atoms with Gasteiger partial charge in [0.15, 0.2) is 0 Å². The molecule has 2 fully saturated rings. The maximum Gasteiger partial charge on any atom is 0.274 e. The Bertz CT molecular complexity index is 1160. The summed E-state index contributed by atoms with van der Waals surface area (Å²) in [4.78, 5) is 41.2. The maximum atomic E-state index is 13.4. The van der Waals surface area contributed by atoms with Crippen molar-refractivity contribution in [3.63, 3.8) is 0 Å². The fraction of sp³-hybridized carbons (Fsp3) is 0.519. The number of piperidine rings is 1. The molecule has 2 amide bonds. The van der Waals surface area contributed by atoms with Crippen molar-refractivity contribution in [3.8, 4) is 11.5 Å². The SMILES string of the molecule is COc1cc(OC)cc(C(=O)N2CC3CC(C2)c2ccc(NC(=O)C4CCCCC4)c(=O)n2C3)c1. The average molecular weight is 480 g/mol. The molecule has 1 aromatic carbocycles. The maximum absolute atomic E-state index is 13.4. The van der Waals surface area contributed by atoms with Crippen molar-refractivity contribution >= 4 is 17.5 Å². The highest BCUT2D eigenvalue weighted by Crippen LogP contribution is 2.36. The summed E-state index contributed by atoms with van der Waals surface area (Å²) in [6.07, 6.45) is 6.05. The van der Waals surface area contributed by atoms with Crippen LogP contribution in [-0.4, -0.2) is 48.6 Å². The van der Waals surface area contributed by atoms with Crippen LogP contribution in [0, 0.1) is 11.8 Å². The Morgan fingerprint density at radius 3 is 2.34 bits per heavy atom. The van der Waals surface area contributed by atoms with E-state index in [-0.39, 0.29) is 35.1 Å². The van der Waals surface area contributed by atoms with Gasteiger partial charge in [0.25, 0.3) is 11.5 Å². The van der Waals surface area contributed by atoms with Gasteiger partial charge in [-0.05, 0) is 49.4 Å². The van der Waals surface area contributed by atoms with Crippen LogP contribution in [0.15, 0.2) is 35.1 Å². The monoisotopic (exact) mass is 479 g/mol. The molecule has 3 heterocycles. The fourth-order valence-electron chi connectivity index (χ4n) is 5.92. The molecule has 1 saturated carbocycles. The van der Waals surface area contributed by atoms with Gasteiger partial charge in [0.2, 0.25) is 5.91 Å². The van der Waals surface area contributed by atoms with E-state index in [4.69, 9.17) is 9.47 Å². The van der Waals surface area contributed by atoms with E-state index in [0.717, 1.165) is 37.8 Å². The topological polar surface area (TPSA) is 89.9 Å². The van der Waals surface area contributed by atoms with E-state index in [1.807, 2.05) is 15.5 Å². The van der Waals surface area contributed by atoms with Crippen LogP contribution in [-0.2, 0) is 11.3 Å². The highest BCUT2D eigenvalue weighted by atomic mass is 16.5. The molecule has 0 radical (unpaired) electrons. The van der Waals surface area contributed by atoms with Crippen LogP contribution in [0.5, 0.6) is 11.5 Å². The van der Waals surface area contributed by atoms with Gasteiger partial charge in [0, 0.05) is 48.8 Å². The van der Waals surface area contributed by atoms with E-state index in [1.54, 1.807) is 38.5 Å². The Morgan fingerprint density at radius 1 is 0.943 bits per heavy atom. The number of hydrogen-bond acceptors (Lipinski definition) is 5. The first-order chi connectivity index (χ1) is 17.0. The zero-order valence-electron chi connectivity index (χ0n) is 20.4. The van der Waals surface area contributed by atoms with E-state index in [1.165, 1.54) is 6.42 Å². The predicted molar refractivity (Wildman–Crippen MR) is 132 cm³/mol. The van der Waals surface area contributed by atoms with Gasteiger partial charge in [-0.15, -0.1) is 0 Å². The molecule has 8 nitrogen and oxygen atoms in total. The molecule has 1 saturated heterocycles. The normalized spacial score (nSPS) is 21.7. The number of ether oxygens (including phenoxy) is 2. The smallest absolute Gasteiger partial charge is 0.274 e. The minimum atomic E-state index is -0.140. The van der Waals surface area contributed by atoms with E-state index in [2.05, 4.69) is 5.32 Å². The Morgan fingerprint density at radius 2 is 1.66 bits per heavy atom. The second-order valence-electron chi connectivity index (χ2n) is 10.0. The van der Waals surface area contributed by atoms with Gasteiger partial charge in [-0.1, -0.05) is 19.3 Å². The van der Waals surface area contributed by atoms with Crippen LogP contribution in [0.4, 0.5) is 5.69 Å². The lowest BCUT2D eigenvalue weighted by atomic mass is 9.83. The number of rotatable bonds is 5. The van der Waals surface area contributed by atoms with E-state index >= 15 is 0 Å². The van der Waals surface area contributed by atoms with Crippen LogP contribution in [0.25, 0.3) is 0 Å². The minimum absolute atomic E-state index is 0.00151. The van der Waals surface area contributed by atoms with Gasteiger partial charge >= 0.3 is 0 Å². The van der Waals surface area contributed by atoms with Gasteiger partial charge in [0.05, 0.1) is 14.2 Å². The van der Waals surface area contributed by atoms with Gasteiger partial charge < -0.3 is 24.3 Å². The molecule has 1 aliphatic carbocycles. The third-order valence-electron chi connectivity index (χ3n) is 7.72. The van der Waals surface area contributed by atoms with E-state index in [0.29, 0.717) is 42.4 Å². The summed E-state index contributed by atoms with van der Waals surface area (Å²) < 4.78 is 12.5. The number of nitrogens with zero attached hydrogens (tertiary/aromatic N) is 2. The molecular weight excluding hydrogens is 446 g/mol. The molecule has 1 aromatic heterocycles. The predicted octanol–water partition coefficient (Wildman–Crippen LogP) is 3.64. The summed E-state index contributed by atoms with van der Waals surface area (Å²) in [5.74, 6) is 1.30. The Balaban J connectivity index is 1.34. The van der Waals surface area contributed by atoms with Crippen molar-refractivity contribution in [2.75, 3.05) is 32.6 Å². The Kier molecular flexibility index (Phi) is 6.54. The molecule has 186 valence electrons. The van der Waals surface area contributed by atoms with Crippen molar-refractivity contribution in [1.29, 1.82) is 0 Å². The van der Waals surface area contributed by atoms with Crippen molar-refractivity contribution in [1.82, 2.24) is 9.47 Å². The zero-order chi connectivity index (χ0) is 24.5. The second kappa shape index (κ2) is 9.76. The summed E-state index contributed by atoms with van der Waals surface area (Å²) in [7, 11) is 3.13. The second-order valence-corrected chi connectivity index (χ2v) is 10.0. The minimum Gasteiger partial charge on any atom is -0.497 e. The summed E-state index contributed by atoms with van der Waals surface area (Å²) >= 11 is 0. The lowest BCUT2D eigenvalue weighted by molar-refractivity contribution is -0.120. The number of amides is 2. The number of benzene rings is 1. The largest absolute Gasteiger partial charge is 0.497 e. The highest BCUT2D eigenvalue weighted by Gasteiger charge is 2.37. The molecule has 8 heteroatoms. The molecule has 2 bridgehead atoms. The van der Waals surface area contributed by atoms with Crippen molar-refractivity contribution in [3.05, 3.63) is 51.9 Å². The molecule has 5 rings (SSSR count). The standard InChI is InChI=1S/C27H33N3O5/c1-34-21-11-19(12-22(13-21)35-2)26(32)29-14-17-10-20(16-29)24-9-8-23(27(33)30(24)15-17)28-25(31)18-6-4-3-5-7-18/h8-9,11-13,17-18,20H,3-7,10,14-16H2,1-2H3,(H,28,31). The molecule has 35 heavy (non-hydrogen) atoms. The van der Waals surface area contributed by atoms with Crippen molar-refractivity contribution < 1.29 is 19.1 Å². The quantitative estimate of drug-likeness (QED) is 0.707. The number of likely N-dealkylation sites (tertiary alicyclic amines) is 1. The van der Waals surface area contributed by atoms with Crippen LogP contribution in [0.3, 0.4) is 0 Å². The van der Waals surface area contributed by atoms with Crippen LogP contribution < -0.4 is 20.3 Å². The fourth-order valence-corrected chi connectivity index (χ4v) is 5.92. The first-order valence-electron chi connectivity index (χ1n) is 12.5. The Hall–Kier alpha value is -3.29. The summed E-state index contributed by atoms with van der Waals surface area (Å²) in [6, 6.07) is 8.89. The molecule has 2 aliphatic heterocycles. The highest BCUT2D eigenvalue weighted by molar-refractivity contribution is 5.95. The number of aromatic nitrogens is 1. The van der Waals surface area contributed by atoms with Crippen LogP contribution in [0.1, 0.15) is 60.5 Å². The zero-order valence-corrected chi connectivity index (χ0v) is 20.4. The average Bonchev–Trinajstić information content (AvgIpc) is 2.90. The summed E-state index contributed by atoms with van der Waals surface area (Å²) in [5.41, 5.74) is 1.68. The molecule has 2 atom stereocenters. The molecule has 3 aliphatic rings. The summed E-state index contributed by atoms with van der Waals surface area (Å²) in [6.45, 7) is 1.67. The Labute approximate surface area is 205 Å². The first-order valence-corrected chi connectivity index (χ1v) is 12.5. The van der Waals surface area contributed by atoms with Crippen molar-refractivity contribution in [2.45, 2.75) is 51.0 Å². The number of fused-ring (bicyclic) bond motifs is 4. The lowest BCUT2D eigenvalue weighted by Crippen LogP contribution is -2.49. The molecule has 1 N–H and O–H groups in total. The van der Waals surface area contributed by atoms with Gasteiger partial charge in [-0.2, -0.15) is 0 Å². The van der Waals surface area contributed by atoms with Gasteiger partial charge in [-0.3, -0.25) is 14.4 Å². The van der Waals surface area contributed by atoms with E-state index < -0.39 is 0 Å². The molecule has 2 unspecified atom stereocenters. The van der Waals surface area contributed by atoms with Gasteiger partial charge in [-0.25, -0.2) is 0 Å². The number of carbonyl (C=O) groups is 2. The number of anilines is 1. The molecule has 2 aromatic rings. The summed E-state index contributed by atoms with van der Waals surface area (Å²) in [5, 5.41) is 2.91. The number of carbonyl (C=O) groups excluding carboxylic acids is 2. The molecular formula is C27H33N3O5. The number of pyridine rings is 1. The first kappa shape index (κ1) is 23.5. The van der Waals surface area contributed by atoms with Crippen LogP contribution >= 0.6 is 0 Å². The molecule has 0 spiro atoms. The van der Waals surface area contributed by atoms with Gasteiger partial charge in [0.1, 0.15) is 17.2 Å².